The quantitative estimate of drug-likeness (QED) is 0.385. The summed E-state index contributed by atoms with van der Waals surface area (Å²) >= 11 is 0. The highest BCUT2D eigenvalue weighted by atomic mass is 32.2. The number of carbonyl (C=O) groups is 1. The monoisotopic (exact) mass is 623 g/mol. The summed E-state index contributed by atoms with van der Waals surface area (Å²) in [6, 6.07) is 15.3. The molecule has 2 aliphatic rings. The largest absolute Gasteiger partial charge is 0.493 e. The molecule has 0 saturated carbocycles. The molecule has 3 heterocycles. The molecule has 0 aliphatic carbocycles. The van der Waals surface area contributed by atoms with Gasteiger partial charge in [-0.15, -0.1) is 0 Å². The van der Waals surface area contributed by atoms with E-state index in [1.165, 1.54) is 29.9 Å². The van der Waals surface area contributed by atoms with Crippen LogP contribution in [0.5, 0.6) is 11.5 Å². The highest BCUT2D eigenvalue weighted by molar-refractivity contribution is 7.85. The number of halogens is 3. The normalized spacial score (nSPS) is 16.8. The van der Waals surface area contributed by atoms with Crippen molar-refractivity contribution in [2.24, 2.45) is 0 Å². The number of rotatable bonds is 5. The molecule has 0 bridgehead atoms. The maximum absolute atomic E-state index is 13.5. The van der Waals surface area contributed by atoms with Crippen LogP contribution in [0, 0.1) is 0 Å². The Bertz CT molecular complexity index is 1530. The number of aromatic nitrogens is 1. The van der Waals surface area contributed by atoms with Crippen LogP contribution in [0.2, 0.25) is 0 Å². The van der Waals surface area contributed by atoms with Crippen LogP contribution >= 0.6 is 0 Å². The molecule has 2 aromatic carbocycles. The molecule has 9 nitrogen and oxygen atoms in total. The van der Waals surface area contributed by atoms with Crippen molar-refractivity contribution in [3.05, 3.63) is 77.6 Å². The van der Waals surface area contributed by atoms with Crippen molar-refractivity contribution in [1.29, 1.82) is 0 Å². The first kappa shape index (κ1) is 32.4. The number of piperidine rings is 1. The van der Waals surface area contributed by atoms with Crippen LogP contribution < -0.4 is 9.47 Å². The number of fused-ring (bicyclic) bond motifs is 2. The summed E-state index contributed by atoms with van der Waals surface area (Å²) in [6.45, 7) is 5.59. The summed E-state index contributed by atoms with van der Waals surface area (Å²) in [5.41, 5.74) is 0.0796. The van der Waals surface area contributed by atoms with Crippen molar-refractivity contribution in [1.82, 2.24) is 14.4 Å². The minimum absolute atomic E-state index is 0.0250. The summed E-state index contributed by atoms with van der Waals surface area (Å²) < 4.78 is 82.2. The van der Waals surface area contributed by atoms with Gasteiger partial charge in [0, 0.05) is 37.4 Å². The minimum Gasteiger partial charge on any atom is -0.493 e. The zero-order valence-electron chi connectivity index (χ0n) is 24.5. The molecule has 1 amide bonds. The third kappa shape index (κ3) is 7.00. The van der Waals surface area contributed by atoms with E-state index in [4.69, 9.17) is 14.0 Å². The summed E-state index contributed by atoms with van der Waals surface area (Å²) in [6.07, 6.45) is -3.26. The van der Waals surface area contributed by atoms with Crippen molar-refractivity contribution in [2.75, 3.05) is 33.8 Å². The molecular weight excluding hydrogens is 587 g/mol. The van der Waals surface area contributed by atoms with E-state index in [-0.39, 0.29) is 16.9 Å². The summed E-state index contributed by atoms with van der Waals surface area (Å²) in [5.74, 6) is 0.948. The molecule has 0 atom stereocenters. The lowest BCUT2D eigenvalue weighted by Gasteiger charge is -2.50. The second kappa shape index (κ2) is 12.6. The number of nitrogens with zero attached hydrogens (tertiary/aromatic N) is 3. The van der Waals surface area contributed by atoms with Crippen molar-refractivity contribution in [3.8, 4) is 11.5 Å². The van der Waals surface area contributed by atoms with Gasteiger partial charge in [0.05, 0.1) is 23.6 Å². The van der Waals surface area contributed by atoms with E-state index in [1.54, 1.807) is 47.4 Å². The lowest BCUT2D eigenvalue weighted by atomic mass is 9.81. The second-order valence-electron chi connectivity index (χ2n) is 10.8. The van der Waals surface area contributed by atoms with E-state index in [2.05, 4.69) is 4.90 Å². The fourth-order valence-electron chi connectivity index (χ4n) is 5.67. The van der Waals surface area contributed by atoms with Gasteiger partial charge in [-0.2, -0.15) is 21.6 Å². The maximum atomic E-state index is 13.5. The lowest BCUT2D eigenvalue weighted by Crippen LogP contribution is -2.56. The molecule has 2 aliphatic heterocycles. The minimum atomic E-state index is -4.38. The Morgan fingerprint density at radius 3 is 2.14 bits per heavy atom. The Balaban J connectivity index is 0.000000359. The first-order valence-corrected chi connectivity index (χ1v) is 15.3. The zero-order valence-corrected chi connectivity index (χ0v) is 25.3. The lowest BCUT2D eigenvalue weighted by molar-refractivity contribution is -0.144. The maximum Gasteiger partial charge on any atom is 0.431 e. The van der Waals surface area contributed by atoms with Crippen LogP contribution in [-0.4, -0.2) is 73.1 Å². The molecule has 0 unspecified atom stereocenters. The zero-order chi connectivity index (χ0) is 31.6. The molecule has 1 aromatic heterocycles. The fraction of sp³-hybridized carbons (Fsp3) is 0.433. The molecule has 43 heavy (non-hydrogen) atoms. The van der Waals surface area contributed by atoms with Crippen LogP contribution in [0.1, 0.15) is 48.4 Å². The predicted molar refractivity (Wildman–Crippen MR) is 154 cm³/mol. The van der Waals surface area contributed by atoms with E-state index in [0.29, 0.717) is 61.8 Å². The highest BCUT2D eigenvalue weighted by Crippen LogP contribution is 2.44. The van der Waals surface area contributed by atoms with Gasteiger partial charge in [0.2, 0.25) is 0 Å². The highest BCUT2D eigenvalue weighted by Gasteiger charge is 2.47. The van der Waals surface area contributed by atoms with Gasteiger partial charge in [0.1, 0.15) is 5.69 Å². The molecule has 1 saturated heterocycles. The number of likely N-dealkylation sites (tertiary alicyclic amines) is 1. The third-order valence-electron chi connectivity index (χ3n) is 7.83. The van der Waals surface area contributed by atoms with Crippen molar-refractivity contribution < 1.29 is 40.4 Å². The van der Waals surface area contributed by atoms with E-state index in [1.807, 2.05) is 20.9 Å². The van der Waals surface area contributed by atoms with Gasteiger partial charge in [-0.05, 0) is 76.2 Å². The van der Waals surface area contributed by atoms with Crippen molar-refractivity contribution in [2.45, 2.75) is 55.9 Å². The number of carbonyl (C=O) groups excluding carboxylic acids is 1. The number of methoxy groups -OCH3 is 1. The van der Waals surface area contributed by atoms with Gasteiger partial charge in [-0.25, -0.2) is 0 Å². The Morgan fingerprint density at radius 2 is 1.60 bits per heavy atom. The van der Waals surface area contributed by atoms with Crippen LogP contribution in [-0.2, 0) is 28.4 Å². The van der Waals surface area contributed by atoms with Gasteiger partial charge >= 0.3 is 6.18 Å². The van der Waals surface area contributed by atoms with Crippen LogP contribution in [0.15, 0.2) is 65.6 Å². The molecule has 1 N–H and O–H groups in total. The number of ether oxygens (including phenoxy) is 2. The van der Waals surface area contributed by atoms with E-state index in [9.17, 15) is 26.4 Å². The Morgan fingerprint density at radius 1 is 0.953 bits per heavy atom. The topological polar surface area (TPSA) is 101 Å². The van der Waals surface area contributed by atoms with Crippen LogP contribution in [0.3, 0.4) is 0 Å². The van der Waals surface area contributed by atoms with E-state index < -0.39 is 27.5 Å². The van der Waals surface area contributed by atoms with Gasteiger partial charge < -0.3 is 18.9 Å². The van der Waals surface area contributed by atoms with Gasteiger partial charge in [0.25, 0.3) is 16.0 Å². The Hall–Kier alpha value is -3.55. The first-order valence-electron chi connectivity index (χ1n) is 13.8. The number of amides is 1. The number of alkyl halides is 3. The van der Waals surface area contributed by atoms with Crippen molar-refractivity contribution in [3.63, 3.8) is 0 Å². The van der Waals surface area contributed by atoms with Gasteiger partial charge in [-0.3, -0.25) is 14.2 Å². The fourth-order valence-corrected chi connectivity index (χ4v) is 6.17. The van der Waals surface area contributed by atoms with Gasteiger partial charge in [0.15, 0.2) is 11.5 Å². The van der Waals surface area contributed by atoms with E-state index >= 15 is 0 Å². The third-order valence-corrected chi connectivity index (χ3v) is 8.70. The SMILES string of the molecule is COc1cc(C(=O)N2CCC3(CC2)c2ccc(C(F)(F)F)n2CCN3C)ccc1OC(C)C.O=S(=O)(O)c1ccccc1. The second-order valence-corrected chi connectivity index (χ2v) is 12.2. The van der Waals surface area contributed by atoms with Crippen LogP contribution in [0.25, 0.3) is 0 Å². The first-order chi connectivity index (χ1) is 20.2. The molecule has 234 valence electrons. The van der Waals surface area contributed by atoms with Gasteiger partial charge in [-0.1, -0.05) is 18.2 Å². The number of likely N-dealkylation sites (N-methyl/N-ethyl adjacent to an activating group) is 1. The van der Waals surface area contributed by atoms with E-state index in [0.717, 1.165) is 0 Å². The predicted octanol–water partition coefficient (Wildman–Crippen LogP) is 5.31. The molecular formula is C30H36F3N3O6S. The average Bonchev–Trinajstić information content (AvgIpc) is 3.42. The van der Waals surface area contributed by atoms with Crippen LogP contribution in [0.4, 0.5) is 13.2 Å². The number of hydrogen-bond donors (Lipinski definition) is 1. The standard InChI is InChI=1S/C24H30F3N3O3.C6H6O3S/c1-16(2)33-18-6-5-17(15-19(18)32-4)22(31)29-11-9-23(10-12-29)20-7-8-21(24(25,26)27)30(20)14-13-28(23)3;7-10(8,9)6-4-2-1-3-5-6/h5-8,15-16H,9-14H2,1-4H3;1-5H,(H,7,8,9). The van der Waals surface area contributed by atoms with Crippen molar-refractivity contribution >= 4 is 16.0 Å². The Kier molecular flexibility index (Phi) is 9.48. The molecule has 13 heteroatoms. The molecule has 0 radical (unpaired) electrons. The number of hydrogen-bond acceptors (Lipinski definition) is 6. The summed E-state index contributed by atoms with van der Waals surface area (Å²) in [7, 11) is -0.513. The number of benzene rings is 2. The summed E-state index contributed by atoms with van der Waals surface area (Å²) in [4.78, 5) is 17.0. The molecule has 3 aromatic rings. The average molecular weight is 624 g/mol. The summed E-state index contributed by atoms with van der Waals surface area (Å²) in [5, 5.41) is 0. The smallest absolute Gasteiger partial charge is 0.431 e. The Labute approximate surface area is 249 Å². The molecule has 1 fully saturated rings. The molecule has 1 spiro atoms. The molecule has 5 rings (SSSR count).